The minimum Gasteiger partial charge on any atom is -0.504 e. The maximum absolute atomic E-state index is 10.3. The lowest BCUT2D eigenvalue weighted by molar-refractivity contribution is 0.317. The third kappa shape index (κ3) is 4.05. The summed E-state index contributed by atoms with van der Waals surface area (Å²) >= 11 is 0. The van der Waals surface area contributed by atoms with Crippen molar-refractivity contribution in [3.05, 3.63) is 71.3 Å². The molecular formula is C21H21NO2. The summed E-state index contributed by atoms with van der Waals surface area (Å²) < 4.78 is 5.50. The molecular weight excluding hydrogens is 298 g/mol. The second-order valence-electron chi connectivity index (χ2n) is 5.49. The van der Waals surface area contributed by atoms with Gasteiger partial charge in [0.15, 0.2) is 11.5 Å². The highest BCUT2D eigenvalue weighted by molar-refractivity contribution is 5.90. The lowest BCUT2D eigenvalue weighted by Gasteiger charge is -2.11. The monoisotopic (exact) mass is 319 g/mol. The Balaban J connectivity index is 2.51. The van der Waals surface area contributed by atoms with Crippen LogP contribution in [-0.4, -0.2) is 11.7 Å². The Kier molecular flexibility index (Phi) is 5.81. The van der Waals surface area contributed by atoms with Gasteiger partial charge in [-0.05, 0) is 49.6 Å². The Labute approximate surface area is 143 Å². The molecule has 0 aliphatic rings. The second kappa shape index (κ2) is 8.03. The van der Waals surface area contributed by atoms with Gasteiger partial charge >= 0.3 is 0 Å². The van der Waals surface area contributed by atoms with E-state index in [1.54, 1.807) is 18.2 Å². The van der Waals surface area contributed by atoms with Crippen molar-refractivity contribution < 1.29 is 9.84 Å². The first-order chi connectivity index (χ1) is 11.6. The summed E-state index contributed by atoms with van der Waals surface area (Å²) in [5, 5.41) is 19.8. The minimum absolute atomic E-state index is 0.128. The Morgan fingerprint density at radius 2 is 2.00 bits per heavy atom. The summed E-state index contributed by atoms with van der Waals surface area (Å²) in [6, 6.07) is 13.7. The molecule has 0 saturated carbocycles. The molecule has 0 saturated heterocycles. The molecule has 0 spiro atoms. The molecule has 0 fully saturated rings. The maximum atomic E-state index is 10.3. The first-order valence-corrected chi connectivity index (χ1v) is 7.87. The number of aryl methyl sites for hydroxylation is 1. The molecule has 122 valence electrons. The fourth-order valence-corrected chi connectivity index (χ4v) is 2.43. The molecule has 0 radical (unpaired) electrons. The highest BCUT2D eigenvalue weighted by Gasteiger charge is 2.10. The van der Waals surface area contributed by atoms with Crippen LogP contribution in [0.25, 0.3) is 11.6 Å². The number of phenolic OH excluding ortho intramolecular Hbond substituents is 1. The number of ether oxygens (including phenoxy) is 1. The highest BCUT2D eigenvalue weighted by atomic mass is 16.5. The van der Waals surface area contributed by atoms with Crippen LogP contribution in [0.1, 0.15) is 29.2 Å². The summed E-state index contributed by atoms with van der Waals surface area (Å²) in [6.07, 6.45) is 4.06. The molecule has 0 atom stereocenters. The molecule has 0 unspecified atom stereocenters. The molecule has 2 aromatic carbocycles. The van der Waals surface area contributed by atoms with Gasteiger partial charge in [-0.1, -0.05) is 35.9 Å². The van der Waals surface area contributed by atoms with Crippen molar-refractivity contribution in [3.63, 3.8) is 0 Å². The van der Waals surface area contributed by atoms with E-state index in [1.165, 1.54) is 0 Å². The number of rotatable bonds is 6. The van der Waals surface area contributed by atoms with Gasteiger partial charge in [-0.2, -0.15) is 5.26 Å². The fraction of sp³-hybridized carbons (Fsp3) is 0.190. The van der Waals surface area contributed by atoms with Crippen molar-refractivity contribution in [2.24, 2.45) is 0 Å². The summed E-state index contributed by atoms with van der Waals surface area (Å²) in [7, 11) is 0. The second-order valence-corrected chi connectivity index (χ2v) is 5.49. The van der Waals surface area contributed by atoms with Gasteiger partial charge in [0.25, 0.3) is 0 Å². The zero-order valence-electron chi connectivity index (χ0n) is 14.0. The van der Waals surface area contributed by atoms with Crippen LogP contribution < -0.4 is 4.74 Å². The van der Waals surface area contributed by atoms with Crippen molar-refractivity contribution in [2.75, 3.05) is 6.61 Å². The van der Waals surface area contributed by atoms with Gasteiger partial charge in [0, 0.05) is 5.56 Å². The number of nitriles is 1. The van der Waals surface area contributed by atoms with Crippen molar-refractivity contribution in [2.45, 2.75) is 20.3 Å². The fourth-order valence-electron chi connectivity index (χ4n) is 2.43. The van der Waals surface area contributed by atoms with E-state index in [0.717, 1.165) is 22.3 Å². The molecule has 3 heteroatoms. The molecule has 2 aromatic rings. The van der Waals surface area contributed by atoms with E-state index in [2.05, 4.69) is 12.6 Å². The predicted molar refractivity (Wildman–Crippen MR) is 97.8 cm³/mol. The van der Waals surface area contributed by atoms with Crippen LogP contribution >= 0.6 is 0 Å². The normalized spacial score (nSPS) is 11.0. The van der Waals surface area contributed by atoms with Gasteiger partial charge in [-0.15, -0.1) is 6.58 Å². The SMILES string of the molecule is C=CCc1cc(/C=C(\C#N)c2ccc(C)cc2)cc(OCC)c1O. The van der Waals surface area contributed by atoms with Crippen molar-refractivity contribution in [1.29, 1.82) is 5.26 Å². The number of hydrogen-bond donors (Lipinski definition) is 1. The van der Waals surface area contributed by atoms with Crippen LogP contribution in [0.2, 0.25) is 0 Å². The smallest absolute Gasteiger partial charge is 0.161 e. The van der Waals surface area contributed by atoms with E-state index in [0.29, 0.717) is 24.4 Å². The van der Waals surface area contributed by atoms with Gasteiger partial charge < -0.3 is 9.84 Å². The van der Waals surface area contributed by atoms with Gasteiger partial charge in [0.05, 0.1) is 18.2 Å². The third-order valence-electron chi connectivity index (χ3n) is 3.63. The molecule has 0 heterocycles. The molecule has 2 rings (SSSR count). The molecule has 0 bridgehead atoms. The van der Waals surface area contributed by atoms with Crippen molar-refractivity contribution in [3.8, 4) is 17.6 Å². The van der Waals surface area contributed by atoms with E-state index in [1.807, 2.05) is 44.2 Å². The molecule has 3 nitrogen and oxygen atoms in total. The topological polar surface area (TPSA) is 53.2 Å². The van der Waals surface area contributed by atoms with Crippen LogP contribution in [-0.2, 0) is 6.42 Å². The van der Waals surface area contributed by atoms with Crippen molar-refractivity contribution in [1.82, 2.24) is 0 Å². The van der Waals surface area contributed by atoms with E-state index in [4.69, 9.17) is 4.74 Å². The van der Waals surface area contributed by atoms with Gasteiger partial charge in [-0.25, -0.2) is 0 Å². The number of aromatic hydroxyl groups is 1. The first-order valence-electron chi connectivity index (χ1n) is 7.87. The highest BCUT2D eigenvalue weighted by Crippen LogP contribution is 2.33. The van der Waals surface area contributed by atoms with Crippen LogP contribution in [0, 0.1) is 18.3 Å². The average Bonchev–Trinajstić information content (AvgIpc) is 2.58. The number of hydrogen-bond acceptors (Lipinski definition) is 3. The van der Waals surface area contributed by atoms with E-state index >= 15 is 0 Å². The summed E-state index contributed by atoms with van der Waals surface area (Å²) in [5.41, 5.74) is 4.10. The molecule has 0 aliphatic heterocycles. The Bertz CT molecular complexity index is 796. The van der Waals surface area contributed by atoms with Crippen molar-refractivity contribution >= 4 is 11.6 Å². The quantitative estimate of drug-likeness (QED) is 0.468. The van der Waals surface area contributed by atoms with E-state index in [9.17, 15) is 10.4 Å². The Hall–Kier alpha value is -2.99. The van der Waals surface area contributed by atoms with Crippen LogP contribution in [0.3, 0.4) is 0 Å². The Morgan fingerprint density at radius 1 is 1.29 bits per heavy atom. The Morgan fingerprint density at radius 3 is 2.58 bits per heavy atom. The average molecular weight is 319 g/mol. The predicted octanol–water partition coefficient (Wildman–Crippen LogP) is 4.89. The standard InChI is InChI=1S/C21H21NO2/c1-4-6-18-11-16(13-20(21(18)23)24-5-2)12-19(14-22)17-9-7-15(3)8-10-17/h4,7-13,23H,1,5-6H2,2-3H3/b19-12+. The molecule has 0 aromatic heterocycles. The number of nitrogens with zero attached hydrogens (tertiary/aromatic N) is 1. The maximum Gasteiger partial charge on any atom is 0.161 e. The van der Waals surface area contributed by atoms with Crippen LogP contribution in [0.4, 0.5) is 0 Å². The summed E-state index contributed by atoms with van der Waals surface area (Å²) in [5.74, 6) is 0.548. The lowest BCUT2D eigenvalue weighted by atomic mass is 10.00. The minimum atomic E-state index is 0.128. The van der Waals surface area contributed by atoms with E-state index in [-0.39, 0.29) is 5.75 Å². The number of allylic oxidation sites excluding steroid dienone is 2. The molecule has 1 N–H and O–H groups in total. The molecule has 0 amide bonds. The zero-order valence-corrected chi connectivity index (χ0v) is 14.0. The molecule has 0 aliphatic carbocycles. The summed E-state index contributed by atoms with van der Waals surface area (Å²) in [4.78, 5) is 0. The summed E-state index contributed by atoms with van der Waals surface area (Å²) in [6.45, 7) is 8.04. The van der Waals surface area contributed by atoms with Gasteiger partial charge in [0.1, 0.15) is 0 Å². The van der Waals surface area contributed by atoms with Gasteiger partial charge in [0.2, 0.25) is 0 Å². The zero-order chi connectivity index (χ0) is 17.5. The van der Waals surface area contributed by atoms with Crippen LogP contribution in [0.15, 0.2) is 49.1 Å². The largest absolute Gasteiger partial charge is 0.504 e. The third-order valence-corrected chi connectivity index (χ3v) is 3.63. The van der Waals surface area contributed by atoms with Crippen LogP contribution in [0.5, 0.6) is 11.5 Å². The molecule has 24 heavy (non-hydrogen) atoms. The van der Waals surface area contributed by atoms with E-state index < -0.39 is 0 Å². The number of benzene rings is 2. The number of phenols is 1. The van der Waals surface area contributed by atoms with Gasteiger partial charge in [-0.3, -0.25) is 0 Å². The lowest BCUT2D eigenvalue weighted by Crippen LogP contribution is -1.95. The first kappa shape index (κ1) is 17.4.